The molecule has 1 heterocycles. The van der Waals surface area contributed by atoms with E-state index in [2.05, 4.69) is 10.6 Å². The Hall–Kier alpha value is -4.80. The average Bonchev–Trinajstić information content (AvgIpc) is 3.34. The van der Waals surface area contributed by atoms with E-state index in [9.17, 15) is 23.9 Å². The molecule has 0 bridgehead atoms. The summed E-state index contributed by atoms with van der Waals surface area (Å²) in [6.07, 6.45) is -1.22. The minimum absolute atomic E-state index is 0.0245. The number of likely N-dealkylation sites (tertiary alicyclic amines) is 1. The molecule has 41 heavy (non-hydrogen) atoms. The Morgan fingerprint density at radius 2 is 1.71 bits per heavy atom. The highest BCUT2D eigenvalue weighted by Crippen LogP contribution is 2.33. The maximum absolute atomic E-state index is 14.4. The Kier molecular flexibility index (Phi) is 9.28. The molecule has 0 aliphatic carbocycles. The van der Waals surface area contributed by atoms with Crippen molar-refractivity contribution in [3.63, 3.8) is 0 Å². The number of carboxylic acids is 1. The highest BCUT2D eigenvalue weighted by molar-refractivity contribution is 6.01. The normalized spacial score (nSPS) is 16.1. The minimum Gasteiger partial charge on any atom is -0.495 e. The molecule has 0 aromatic heterocycles. The molecular formula is C30H32FN3O7. The standard InChI is InChI=1S/C30H32FN3O7/c1-18-7-4-5-9-23(18)32-30(38)33-24-12-11-19(13-26(24)40-3)14-27(35)34-16-20(31)15-21(34)17-41-28-22(29(36)37)8-6-10-25(28)39-2/h4-13,20-21H,14-17H2,1-3H3,(H,36,37)(H2,32,33,38). The molecule has 3 aromatic carbocycles. The van der Waals surface area contributed by atoms with E-state index in [-0.39, 0.29) is 49.0 Å². The third kappa shape index (κ3) is 7.05. The number of alkyl halides is 1. The summed E-state index contributed by atoms with van der Waals surface area (Å²) in [4.78, 5) is 38.8. The van der Waals surface area contributed by atoms with Gasteiger partial charge in [-0.05, 0) is 48.4 Å². The second-order valence-electron chi connectivity index (χ2n) is 9.59. The smallest absolute Gasteiger partial charge is 0.339 e. The van der Waals surface area contributed by atoms with Gasteiger partial charge in [0, 0.05) is 12.1 Å². The van der Waals surface area contributed by atoms with Gasteiger partial charge in [-0.15, -0.1) is 0 Å². The molecular weight excluding hydrogens is 533 g/mol. The number of carboxylic acid groups (broad SMARTS) is 1. The van der Waals surface area contributed by atoms with Crippen molar-refractivity contribution in [3.8, 4) is 17.2 Å². The van der Waals surface area contributed by atoms with Crippen LogP contribution in [-0.2, 0) is 11.2 Å². The van der Waals surface area contributed by atoms with E-state index in [0.717, 1.165) is 5.56 Å². The number of halogens is 1. The highest BCUT2D eigenvalue weighted by atomic mass is 19.1. The predicted molar refractivity (Wildman–Crippen MR) is 151 cm³/mol. The number of amides is 3. The van der Waals surface area contributed by atoms with Crippen LogP contribution in [0, 0.1) is 6.92 Å². The molecule has 3 amide bonds. The van der Waals surface area contributed by atoms with Crippen LogP contribution in [0.15, 0.2) is 60.7 Å². The summed E-state index contributed by atoms with van der Waals surface area (Å²) < 4.78 is 30.9. The maximum atomic E-state index is 14.4. The fraction of sp³-hybridized carbons (Fsp3) is 0.300. The van der Waals surface area contributed by atoms with Crippen LogP contribution >= 0.6 is 0 Å². The van der Waals surface area contributed by atoms with E-state index in [1.807, 2.05) is 25.1 Å². The number of hydrogen-bond donors (Lipinski definition) is 3. The summed E-state index contributed by atoms with van der Waals surface area (Å²) in [6, 6.07) is 15.8. The first-order chi connectivity index (χ1) is 19.7. The van der Waals surface area contributed by atoms with Crippen molar-refractivity contribution in [2.75, 3.05) is 38.0 Å². The quantitative estimate of drug-likeness (QED) is 0.319. The molecule has 216 valence electrons. The van der Waals surface area contributed by atoms with Gasteiger partial charge in [0.2, 0.25) is 5.91 Å². The number of methoxy groups -OCH3 is 2. The van der Waals surface area contributed by atoms with Crippen LogP contribution in [0.3, 0.4) is 0 Å². The van der Waals surface area contributed by atoms with Crippen molar-refractivity contribution in [2.24, 2.45) is 0 Å². The van der Waals surface area contributed by atoms with Crippen LogP contribution in [-0.4, -0.2) is 67.5 Å². The molecule has 11 heteroatoms. The number of para-hydroxylation sites is 2. The zero-order valence-corrected chi connectivity index (χ0v) is 23.0. The molecule has 0 spiro atoms. The Morgan fingerprint density at radius 1 is 0.976 bits per heavy atom. The largest absolute Gasteiger partial charge is 0.495 e. The fourth-order valence-electron chi connectivity index (χ4n) is 4.71. The molecule has 10 nitrogen and oxygen atoms in total. The molecule has 2 atom stereocenters. The van der Waals surface area contributed by atoms with Gasteiger partial charge in [-0.3, -0.25) is 4.79 Å². The van der Waals surface area contributed by atoms with Crippen molar-refractivity contribution in [2.45, 2.75) is 32.0 Å². The third-order valence-electron chi connectivity index (χ3n) is 6.80. The number of carbonyl (C=O) groups is 3. The van der Waals surface area contributed by atoms with Crippen molar-refractivity contribution >= 4 is 29.3 Å². The maximum Gasteiger partial charge on any atom is 0.339 e. The van der Waals surface area contributed by atoms with Crippen molar-refractivity contribution in [3.05, 3.63) is 77.4 Å². The first-order valence-corrected chi connectivity index (χ1v) is 13.0. The second-order valence-corrected chi connectivity index (χ2v) is 9.59. The van der Waals surface area contributed by atoms with Gasteiger partial charge in [-0.25, -0.2) is 14.0 Å². The van der Waals surface area contributed by atoms with Crippen molar-refractivity contribution in [1.82, 2.24) is 4.90 Å². The third-order valence-corrected chi connectivity index (χ3v) is 6.80. The summed E-state index contributed by atoms with van der Waals surface area (Å²) in [5.41, 5.74) is 2.51. The summed E-state index contributed by atoms with van der Waals surface area (Å²) in [5, 5.41) is 15.1. The number of aryl methyl sites for hydroxylation is 1. The van der Waals surface area contributed by atoms with Crippen LogP contribution in [0.2, 0.25) is 0 Å². The lowest BCUT2D eigenvalue weighted by Crippen LogP contribution is -2.40. The van der Waals surface area contributed by atoms with E-state index < -0.39 is 24.2 Å². The number of nitrogens with zero attached hydrogens (tertiary/aromatic N) is 1. The molecule has 1 aliphatic rings. The summed E-state index contributed by atoms with van der Waals surface area (Å²) in [6.45, 7) is 1.69. The molecule has 1 saturated heterocycles. The van der Waals surface area contributed by atoms with Gasteiger partial charge < -0.3 is 34.9 Å². The summed E-state index contributed by atoms with van der Waals surface area (Å²) in [7, 11) is 2.85. The zero-order chi connectivity index (χ0) is 29.5. The van der Waals surface area contributed by atoms with E-state index >= 15 is 0 Å². The number of hydrogen-bond acceptors (Lipinski definition) is 6. The van der Waals surface area contributed by atoms with E-state index in [1.54, 1.807) is 30.3 Å². The number of benzene rings is 3. The summed E-state index contributed by atoms with van der Waals surface area (Å²) >= 11 is 0. The lowest BCUT2D eigenvalue weighted by molar-refractivity contribution is -0.132. The van der Waals surface area contributed by atoms with Crippen LogP contribution < -0.4 is 24.8 Å². The van der Waals surface area contributed by atoms with E-state index in [1.165, 1.54) is 31.3 Å². The van der Waals surface area contributed by atoms with Gasteiger partial charge in [0.1, 0.15) is 24.1 Å². The highest BCUT2D eigenvalue weighted by Gasteiger charge is 2.36. The first kappa shape index (κ1) is 29.2. The van der Waals surface area contributed by atoms with Crippen molar-refractivity contribution in [1.29, 1.82) is 0 Å². The van der Waals surface area contributed by atoms with Crippen molar-refractivity contribution < 1.29 is 38.1 Å². The molecule has 0 radical (unpaired) electrons. The van der Waals surface area contributed by atoms with Gasteiger partial charge in [0.15, 0.2) is 11.5 Å². The fourth-order valence-corrected chi connectivity index (χ4v) is 4.71. The SMILES string of the molecule is COc1cc(CC(=O)N2CC(F)CC2COc2c(OC)cccc2C(=O)O)ccc1NC(=O)Nc1ccccc1C. The molecule has 3 N–H and O–H groups in total. The molecule has 3 aromatic rings. The van der Waals surface area contributed by atoms with Gasteiger partial charge in [-0.1, -0.05) is 30.3 Å². The van der Waals surface area contributed by atoms with Gasteiger partial charge in [-0.2, -0.15) is 0 Å². The monoisotopic (exact) mass is 565 g/mol. The van der Waals surface area contributed by atoms with E-state index in [0.29, 0.717) is 22.7 Å². The van der Waals surface area contributed by atoms with Crippen LogP contribution in [0.25, 0.3) is 0 Å². The predicted octanol–water partition coefficient (Wildman–Crippen LogP) is 4.91. The number of ether oxygens (including phenoxy) is 3. The molecule has 1 aliphatic heterocycles. The Bertz CT molecular complexity index is 1430. The molecule has 0 saturated carbocycles. The lowest BCUT2D eigenvalue weighted by atomic mass is 10.1. The second kappa shape index (κ2) is 13.0. The number of nitrogens with one attached hydrogen (secondary N) is 2. The molecule has 1 fully saturated rings. The van der Waals surface area contributed by atoms with Crippen LogP contribution in [0.1, 0.15) is 27.9 Å². The topological polar surface area (TPSA) is 126 Å². The number of rotatable bonds is 10. The van der Waals surface area contributed by atoms with Gasteiger partial charge in [0.25, 0.3) is 0 Å². The number of anilines is 2. The average molecular weight is 566 g/mol. The zero-order valence-electron chi connectivity index (χ0n) is 23.0. The number of carbonyl (C=O) groups excluding carboxylic acids is 2. The van der Waals surface area contributed by atoms with Gasteiger partial charge >= 0.3 is 12.0 Å². The lowest BCUT2D eigenvalue weighted by Gasteiger charge is -2.25. The Morgan fingerprint density at radius 3 is 2.41 bits per heavy atom. The van der Waals surface area contributed by atoms with Crippen LogP contribution in [0.5, 0.6) is 17.2 Å². The number of aromatic carboxylic acids is 1. The van der Waals surface area contributed by atoms with E-state index in [4.69, 9.17) is 14.2 Å². The minimum atomic E-state index is -1.24. The molecule has 4 rings (SSSR count). The summed E-state index contributed by atoms with van der Waals surface area (Å²) in [5.74, 6) is -0.904. The Labute approximate surface area is 237 Å². The van der Waals surface area contributed by atoms with Crippen LogP contribution in [0.4, 0.5) is 20.6 Å². The molecule has 2 unspecified atom stereocenters. The first-order valence-electron chi connectivity index (χ1n) is 13.0. The number of urea groups is 1. The Balaban J connectivity index is 1.42. The van der Waals surface area contributed by atoms with Gasteiger partial charge in [0.05, 0.1) is 38.9 Å².